The van der Waals surface area contributed by atoms with Crippen molar-refractivity contribution in [3.63, 3.8) is 0 Å². The Balaban J connectivity index is 1.82. The van der Waals surface area contributed by atoms with Crippen molar-refractivity contribution in [3.8, 4) is 0 Å². The molecule has 0 radical (unpaired) electrons. The minimum Gasteiger partial charge on any atom is -0.378 e. The van der Waals surface area contributed by atoms with Crippen LogP contribution in [0.15, 0.2) is 18.2 Å². The van der Waals surface area contributed by atoms with Gasteiger partial charge in [0.1, 0.15) is 5.82 Å². The number of nitrogens with one attached hydrogen (secondary N) is 1. The number of rotatable bonds is 3. The second kappa shape index (κ2) is 6.21. The first-order chi connectivity index (χ1) is 10.1. The van der Waals surface area contributed by atoms with E-state index < -0.39 is 0 Å². The normalized spacial score (nSPS) is 30.7. The Labute approximate surface area is 129 Å². The maximum Gasteiger partial charge on any atom is 0.124 e. The van der Waals surface area contributed by atoms with Crippen molar-refractivity contribution in [2.24, 2.45) is 5.92 Å². The Morgan fingerprint density at radius 2 is 2.29 bits per heavy atom. The molecule has 0 aliphatic carbocycles. The zero-order valence-corrected chi connectivity index (χ0v) is 13.0. The van der Waals surface area contributed by atoms with Crippen LogP contribution < -0.4 is 5.32 Å². The fourth-order valence-corrected chi connectivity index (χ4v) is 3.90. The van der Waals surface area contributed by atoms with Crippen LogP contribution in [-0.4, -0.2) is 32.5 Å². The molecule has 1 aromatic rings. The summed E-state index contributed by atoms with van der Waals surface area (Å²) < 4.78 is 24.8. The molecule has 0 bridgehead atoms. The van der Waals surface area contributed by atoms with E-state index in [4.69, 9.17) is 21.1 Å². The Morgan fingerprint density at radius 3 is 2.95 bits per heavy atom. The first-order valence-corrected chi connectivity index (χ1v) is 7.85. The monoisotopic (exact) mass is 313 g/mol. The predicted molar refractivity (Wildman–Crippen MR) is 80.1 cm³/mol. The van der Waals surface area contributed by atoms with Gasteiger partial charge in [0.25, 0.3) is 0 Å². The first-order valence-electron chi connectivity index (χ1n) is 7.47. The van der Waals surface area contributed by atoms with E-state index in [0.29, 0.717) is 17.5 Å². The Kier molecular flexibility index (Phi) is 4.50. The van der Waals surface area contributed by atoms with Crippen molar-refractivity contribution >= 4 is 11.6 Å². The highest BCUT2D eigenvalue weighted by Gasteiger charge is 2.43. The van der Waals surface area contributed by atoms with Gasteiger partial charge in [-0.25, -0.2) is 4.39 Å². The summed E-state index contributed by atoms with van der Waals surface area (Å²) in [6.07, 6.45) is 2.88. The molecule has 5 heteroatoms. The largest absolute Gasteiger partial charge is 0.378 e. The molecule has 1 spiro atoms. The molecule has 0 saturated carbocycles. The molecule has 3 unspecified atom stereocenters. The minimum absolute atomic E-state index is 0.111. The van der Waals surface area contributed by atoms with Crippen LogP contribution in [0.5, 0.6) is 0 Å². The molecule has 3 nitrogen and oxygen atoms in total. The van der Waals surface area contributed by atoms with E-state index in [1.165, 1.54) is 12.1 Å². The van der Waals surface area contributed by atoms with E-state index in [9.17, 15) is 4.39 Å². The Bertz CT molecular complexity index is 505. The van der Waals surface area contributed by atoms with Gasteiger partial charge in [-0.15, -0.1) is 0 Å². The molecule has 1 aromatic carbocycles. The molecule has 21 heavy (non-hydrogen) atoms. The molecule has 116 valence electrons. The van der Waals surface area contributed by atoms with Gasteiger partial charge in [0, 0.05) is 30.7 Å². The van der Waals surface area contributed by atoms with Crippen molar-refractivity contribution in [1.29, 1.82) is 0 Å². The summed E-state index contributed by atoms with van der Waals surface area (Å²) in [5.74, 6) is 0.111. The molecule has 2 saturated heterocycles. The summed E-state index contributed by atoms with van der Waals surface area (Å²) in [7, 11) is 1.93. The average molecular weight is 314 g/mol. The van der Waals surface area contributed by atoms with Crippen molar-refractivity contribution in [1.82, 2.24) is 5.32 Å². The zero-order valence-electron chi connectivity index (χ0n) is 12.2. The molecule has 2 aliphatic rings. The third kappa shape index (κ3) is 3.09. The summed E-state index contributed by atoms with van der Waals surface area (Å²) in [4.78, 5) is 0. The molecule has 2 fully saturated rings. The lowest BCUT2D eigenvalue weighted by atomic mass is 9.79. The number of halogens is 2. The maximum atomic E-state index is 13.3. The maximum absolute atomic E-state index is 13.3. The highest BCUT2D eigenvalue weighted by atomic mass is 35.5. The van der Waals surface area contributed by atoms with Crippen LogP contribution in [0.2, 0.25) is 5.02 Å². The summed E-state index contributed by atoms with van der Waals surface area (Å²) in [5, 5.41) is 3.84. The molecule has 0 amide bonds. The van der Waals surface area contributed by atoms with Gasteiger partial charge >= 0.3 is 0 Å². The third-order valence-corrected chi connectivity index (χ3v) is 5.01. The van der Waals surface area contributed by atoms with Crippen LogP contribution in [0.1, 0.15) is 30.9 Å². The molecule has 2 aliphatic heterocycles. The molecular formula is C16H21ClFNO2. The Hall–Kier alpha value is -0.680. The zero-order chi connectivity index (χ0) is 14.9. The molecule has 1 N–H and O–H groups in total. The van der Waals surface area contributed by atoms with Crippen molar-refractivity contribution in [3.05, 3.63) is 34.6 Å². The lowest BCUT2D eigenvalue weighted by molar-refractivity contribution is -0.103. The Morgan fingerprint density at radius 1 is 1.43 bits per heavy atom. The van der Waals surface area contributed by atoms with Crippen molar-refractivity contribution in [2.45, 2.75) is 30.9 Å². The van der Waals surface area contributed by atoms with Gasteiger partial charge in [-0.3, -0.25) is 0 Å². The lowest BCUT2D eigenvalue weighted by Crippen LogP contribution is -2.43. The number of ether oxygens (including phenoxy) is 2. The highest BCUT2D eigenvalue weighted by Crippen LogP contribution is 2.42. The van der Waals surface area contributed by atoms with Gasteiger partial charge < -0.3 is 14.8 Å². The quantitative estimate of drug-likeness (QED) is 0.928. The van der Waals surface area contributed by atoms with Gasteiger partial charge in [0.15, 0.2) is 0 Å². The van der Waals surface area contributed by atoms with Gasteiger partial charge in [0.05, 0.1) is 12.2 Å². The number of hydrogen-bond acceptors (Lipinski definition) is 3. The number of benzene rings is 1. The van der Waals surface area contributed by atoms with Crippen LogP contribution in [0.25, 0.3) is 0 Å². The number of hydrogen-bond donors (Lipinski definition) is 1. The topological polar surface area (TPSA) is 30.5 Å². The fourth-order valence-electron chi connectivity index (χ4n) is 3.61. The molecule has 3 rings (SSSR count). The summed E-state index contributed by atoms with van der Waals surface area (Å²) in [5.41, 5.74) is 0.825. The third-order valence-electron chi connectivity index (χ3n) is 4.68. The van der Waals surface area contributed by atoms with Gasteiger partial charge in [-0.1, -0.05) is 17.7 Å². The van der Waals surface area contributed by atoms with Gasteiger partial charge in [0.2, 0.25) is 0 Å². The van der Waals surface area contributed by atoms with Crippen LogP contribution in [-0.2, 0) is 9.47 Å². The second-order valence-electron chi connectivity index (χ2n) is 6.02. The van der Waals surface area contributed by atoms with Crippen LogP contribution >= 0.6 is 11.6 Å². The minimum atomic E-state index is -0.300. The summed E-state index contributed by atoms with van der Waals surface area (Å²) >= 11 is 6.24. The van der Waals surface area contributed by atoms with Crippen molar-refractivity contribution in [2.75, 3.05) is 26.9 Å². The average Bonchev–Trinajstić information content (AvgIpc) is 2.90. The van der Waals surface area contributed by atoms with Crippen molar-refractivity contribution < 1.29 is 13.9 Å². The summed E-state index contributed by atoms with van der Waals surface area (Å²) in [6.45, 7) is 2.19. The van der Waals surface area contributed by atoms with Crippen LogP contribution in [0, 0.1) is 11.7 Å². The standard InChI is InChI=1S/C16H21ClFNO2/c1-19-15(13-3-2-12(18)8-14(13)17)11-4-6-21-16(9-11)5-7-20-10-16/h2-3,8,11,15,19H,4-7,9-10H2,1H3. The van der Waals surface area contributed by atoms with Gasteiger partial charge in [-0.2, -0.15) is 0 Å². The van der Waals surface area contributed by atoms with E-state index in [-0.39, 0.29) is 17.5 Å². The fraction of sp³-hybridized carbons (Fsp3) is 0.625. The SMILES string of the molecule is CNC(c1ccc(F)cc1Cl)C1CCOC2(CCOC2)C1. The van der Waals surface area contributed by atoms with Gasteiger partial charge in [-0.05, 0) is 43.5 Å². The summed E-state index contributed by atoms with van der Waals surface area (Å²) in [6, 6.07) is 4.75. The van der Waals surface area contributed by atoms with E-state index in [1.54, 1.807) is 6.07 Å². The molecule has 2 heterocycles. The van der Waals surface area contributed by atoms with E-state index >= 15 is 0 Å². The highest BCUT2D eigenvalue weighted by molar-refractivity contribution is 6.31. The van der Waals surface area contributed by atoms with E-state index in [0.717, 1.165) is 38.0 Å². The lowest BCUT2D eigenvalue weighted by Gasteiger charge is -2.40. The smallest absolute Gasteiger partial charge is 0.124 e. The molecule has 0 aromatic heterocycles. The second-order valence-corrected chi connectivity index (χ2v) is 6.43. The first kappa shape index (κ1) is 15.2. The molecule has 3 atom stereocenters. The molecular weight excluding hydrogens is 293 g/mol. The van der Waals surface area contributed by atoms with E-state index in [1.807, 2.05) is 7.05 Å². The van der Waals surface area contributed by atoms with Crippen LogP contribution in [0.4, 0.5) is 4.39 Å². The predicted octanol–water partition coefficient (Wildman–Crippen LogP) is 3.33. The van der Waals surface area contributed by atoms with Crippen LogP contribution in [0.3, 0.4) is 0 Å². The van der Waals surface area contributed by atoms with E-state index in [2.05, 4.69) is 5.32 Å².